The molecule has 3 heteroatoms. The van der Waals surface area contributed by atoms with Gasteiger partial charge in [0, 0.05) is 11.4 Å². The van der Waals surface area contributed by atoms with Gasteiger partial charge in [0.1, 0.15) is 11.5 Å². The molecule has 1 fully saturated rings. The van der Waals surface area contributed by atoms with Gasteiger partial charge in [0.25, 0.3) is 0 Å². The van der Waals surface area contributed by atoms with Crippen molar-refractivity contribution < 1.29 is 9.84 Å². The van der Waals surface area contributed by atoms with Crippen LogP contribution in [0, 0.1) is 18.8 Å². The standard InChI is InChI=1S/C29H37NO2/c1-3-4-5-6-23-8-10-24(11-9-23)21-32-28-18-14-26(15-19-28)30-22(2)7-20-29(30)25-12-16-27(31)17-13-25/h7,12-20,23-24,31H,3-6,8-11,21H2,1-2H3. The Balaban J connectivity index is 1.34. The molecule has 0 unspecified atom stereocenters. The van der Waals surface area contributed by atoms with Crippen molar-refractivity contribution in [3.8, 4) is 28.4 Å². The van der Waals surface area contributed by atoms with Gasteiger partial charge in [-0.25, -0.2) is 0 Å². The smallest absolute Gasteiger partial charge is 0.119 e. The summed E-state index contributed by atoms with van der Waals surface area (Å²) in [5.41, 5.74) is 4.50. The Morgan fingerprint density at radius 1 is 0.844 bits per heavy atom. The highest BCUT2D eigenvalue weighted by atomic mass is 16.5. The average molecular weight is 432 g/mol. The predicted octanol–water partition coefficient (Wildman–Crippen LogP) is 7.92. The molecule has 0 saturated heterocycles. The van der Waals surface area contributed by atoms with Crippen molar-refractivity contribution in [1.82, 2.24) is 4.57 Å². The van der Waals surface area contributed by atoms with Crippen LogP contribution in [0.3, 0.4) is 0 Å². The van der Waals surface area contributed by atoms with Crippen molar-refractivity contribution in [3.63, 3.8) is 0 Å². The number of hydrogen-bond acceptors (Lipinski definition) is 2. The van der Waals surface area contributed by atoms with Gasteiger partial charge in [-0.2, -0.15) is 0 Å². The van der Waals surface area contributed by atoms with E-state index in [0.717, 1.165) is 35.2 Å². The fourth-order valence-electron chi connectivity index (χ4n) is 5.01. The zero-order chi connectivity index (χ0) is 22.3. The largest absolute Gasteiger partial charge is 0.508 e. The predicted molar refractivity (Wildman–Crippen MR) is 133 cm³/mol. The second-order valence-corrected chi connectivity index (χ2v) is 9.43. The molecular formula is C29H37NO2. The molecule has 1 heterocycles. The summed E-state index contributed by atoms with van der Waals surface area (Å²) in [5.74, 6) is 2.89. The number of phenols is 1. The lowest BCUT2D eigenvalue weighted by Gasteiger charge is -2.28. The van der Waals surface area contributed by atoms with Gasteiger partial charge in [-0.3, -0.25) is 0 Å². The summed E-state index contributed by atoms with van der Waals surface area (Å²) in [6, 6.07) is 20.1. The Morgan fingerprint density at radius 2 is 1.53 bits per heavy atom. The third-order valence-electron chi connectivity index (χ3n) is 7.00. The highest BCUT2D eigenvalue weighted by molar-refractivity contribution is 5.65. The van der Waals surface area contributed by atoms with Crippen molar-refractivity contribution in [2.75, 3.05) is 6.61 Å². The van der Waals surface area contributed by atoms with Crippen molar-refractivity contribution in [2.24, 2.45) is 11.8 Å². The van der Waals surface area contributed by atoms with Gasteiger partial charge >= 0.3 is 0 Å². The lowest BCUT2D eigenvalue weighted by molar-refractivity contribution is 0.177. The Kier molecular flexibility index (Phi) is 7.57. The summed E-state index contributed by atoms with van der Waals surface area (Å²) in [5, 5.41) is 9.61. The molecule has 4 rings (SSSR count). The summed E-state index contributed by atoms with van der Waals surface area (Å²) in [6.07, 6.45) is 10.9. The van der Waals surface area contributed by atoms with Crippen LogP contribution < -0.4 is 4.74 Å². The quantitative estimate of drug-likeness (QED) is 0.349. The first-order chi connectivity index (χ1) is 15.6. The zero-order valence-corrected chi connectivity index (χ0v) is 19.6. The molecule has 170 valence electrons. The van der Waals surface area contributed by atoms with Crippen LogP contribution in [0.25, 0.3) is 16.9 Å². The summed E-state index contributed by atoms with van der Waals surface area (Å²) in [6.45, 7) is 5.24. The molecular weight excluding hydrogens is 394 g/mol. The maximum Gasteiger partial charge on any atom is 0.119 e. The van der Waals surface area contributed by atoms with Gasteiger partial charge in [0.15, 0.2) is 0 Å². The van der Waals surface area contributed by atoms with Crippen molar-refractivity contribution in [3.05, 3.63) is 66.4 Å². The van der Waals surface area contributed by atoms with E-state index in [2.05, 4.69) is 54.8 Å². The third-order valence-corrected chi connectivity index (χ3v) is 7.00. The van der Waals surface area contributed by atoms with Crippen LogP contribution in [0.1, 0.15) is 64.0 Å². The molecule has 1 aromatic heterocycles. The van der Waals surface area contributed by atoms with E-state index < -0.39 is 0 Å². The topological polar surface area (TPSA) is 34.4 Å². The van der Waals surface area contributed by atoms with Gasteiger partial charge in [0.2, 0.25) is 0 Å². The molecule has 0 bridgehead atoms. The van der Waals surface area contributed by atoms with Gasteiger partial charge in [-0.15, -0.1) is 0 Å². The van der Waals surface area contributed by atoms with E-state index in [1.807, 2.05) is 12.1 Å². The van der Waals surface area contributed by atoms with Crippen LogP contribution in [0.15, 0.2) is 60.7 Å². The lowest BCUT2D eigenvalue weighted by atomic mass is 9.80. The Morgan fingerprint density at radius 3 is 2.22 bits per heavy atom. The Labute approximate surface area is 193 Å². The van der Waals surface area contributed by atoms with E-state index in [1.165, 1.54) is 57.1 Å². The van der Waals surface area contributed by atoms with Crippen LogP contribution in [0.2, 0.25) is 0 Å². The van der Waals surface area contributed by atoms with Crippen LogP contribution in [-0.2, 0) is 0 Å². The average Bonchev–Trinajstić information content (AvgIpc) is 3.21. The molecule has 2 aromatic carbocycles. The molecule has 0 amide bonds. The van der Waals surface area contributed by atoms with Crippen molar-refractivity contribution in [2.45, 2.75) is 65.2 Å². The van der Waals surface area contributed by atoms with Gasteiger partial charge in [-0.1, -0.05) is 45.4 Å². The second kappa shape index (κ2) is 10.8. The molecule has 3 nitrogen and oxygen atoms in total. The summed E-state index contributed by atoms with van der Waals surface area (Å²) < 4.78 is 8.42. The number of benzene rings is 2. The fraction of sp³-hybridized carbons (Fsp3) is 0.448. The molecule has 1 saturated carbocycles. The molecule has 0 radical (unpaired) electrons. The minimum absolute atomic E-state index is 0.287. The number of unbranched alkanes of at least 4 members (excludes halogenated alkanes) is 2. The fourth-order valence-corrected chi connectivity index (χ4v) is 5.01. The third kappa shape index (κ3) is 5.56. The molecule has 0 aliphatic heterocycles. The number of aryl methyl sites for hydroxylation is 1. The molecule has 1 aliphatic carbocycles. The monoisotopic (exact) mass is 431 g/mol. The van der Waals surface area contributed by atoms with Gasteiger partial charge in [-0.05, 0) is 97.8 Å². The normalized spacial score (nSPS) is 18.6. The number of nitrogens with zero attached hydrogens (tertiary/aromatic N) is 1. The SMILES string of the molecule is CCCCCC1CCC(COc2ccc(-n3c(C)ccc3-c3ccc(O)cc3)cc2)CC1. The van der Waals surface area contributed by atoms with E-state index in [1.54, 1.807) is 12.1 Å². The van der Waals surface area contributed by atoms with E-state index in [-0.39, 0.29) is 5.75 Å². The number of aromatic hydroxyl groups is 1. The minimum Gasteiger partial charge on any atom is -0.508 e. The van der Waals surface area contributed by atoms with Gasteiger partial charge in [0.05, 0.1) is 12.3 Å². The number of ether oxygens (including phenoxy) is 1. The van der Waals surface area contributed by atoms with Crippen LogP contribution >= 0.6 is 0 Å². The molecule has 1 aliphatic rings. The van der Waals surface area contributed by atoms with Crippen molar-refractivity contribution >= 4 is 0 Å². The maximum absolute atomic E-state index is 9.61. The zero-order valence-electron chi connectivity index (χ0n) is 19.6. The van der Waals surface area contributed by atoms with Crippen LogP contribution in [-0.4, -0.2) is 16.3 Å². The highest BCUT2D eigenvalue weighted by Gasteiger charge is 2.21. The van der Waals surface area contributed by atoms with Crippen LogP contribution in [0.5, 0.6) is 11.5 Å². The molecule has 0 spiro atoms. The first-order valence-corrected chi connectivity index (χ1v) is 12.3. The minimum atomic E-state index is 0.287. The van der Waals surface area contributed by atoms with Crippen molar-refractivity contribution in [1.29, 1.82) is 0 Å². The molecule has 1 N–H and O–H groups in total. The van der Waals surface area contributed by atoms with E-state index in [9.17, 15) is 5.11 Å². The molecule has 0 atom stereocenters. The van der Waals surface area contributed by atoms with E-state index >= 15 is 0 Å². The summed E-state index contributed by atoms with van der Waals surface area (Å²) in [7, 11) is 0. The Hall–Kier alpha value is -2.68. The molecule has 3 aromatic rings. The summed E-state index contributed by atoms with van der Waals surface area (Å²) in [4.78, 5) is 0. The first kappa shape index (κ1) is 22.5. The molecule has 32 heavy (non-hydrogen) atoms. The highest BCUT2D eigenvalue weighted by Crippen LogP contribution is 2.33. The number of hydrogen-bond donors (Lipinski definition) is 1. The first-order valence-electron chi connectivity index (χ1n) is 12.3. The number of rotatable bonds is 9. The second-order valence-electron chi connectivity index (χ2n) is 9.43. The van der Waals surface area contributed by atoms with Gasteiger partial charge < -0.3 is 14.4 Å². The van der Waals surface area contributed by atoms with Crippen LogP contribution in [0.4, 0.5) is 0 Å². The van der Waals surface area contributed by atoms with E-state index in [0.29, 0.717) is 5.92 Å². The number of aromatic nitrogens is 1. The lowest BCUT2D eigenvalue weighted by Crippen LogP contribution is -2.20. The maximum atomic E-state index is 9.61. The summed E-state index contributed by atoms with van der Waals surface area (Å²) >= 11 is 0. The number of phenolic OH excluding ortho intramolecular Hbond substituents is 1. The van der Waals surface area contributed by atoms with E-state index in [4.69, 9.17) is 4.74 Å². The Bertz CT molecular complexity index is 963.